The molecule has 2 aromatic rings. The van der Waals surface area contributed by atoms with Gasteiger partial charge in [0.05, 0.1) is 21.3 Å². The van der Waals surface area contributed by atoms with E-state index in [1.807, 2.05) is 0 Å². The molecule has 1 heterocycles. The molecule has 1 aliphatic rings. The highest BCUT2D eigenvalue weighted by Crippen LogP contribution is 2.38. The molecule has 0 aromatic heterocycles. The van der Waals surface area contributed by atoms with Crippen molar-refractivity contribution >= 4 is 11.8 Å². The number of hydrogen-bond acceptors (Lipinski definition) is 6. The fourth-order valence-electron chi connectivity index (χ4n) is 3.53. The minimum absolute atomic E-state index is 0.0511. The first-order valence-corrected chi connectivity index (χ1v) is 9.66. The van der Waals surface area contributed by atoms with Gasteiger partial charge in [-0.05, 0) is 43.2 Å². The highest BCUT2D eigenvalue weighted by atomic mass is 16.5. The number of nitrogens with one attached hydrogen (secondary N) is 1. The number of ether oxygens (including phenoxy) is 3. The number of carbonyl (C=O) groups excluding carboxylic acids is 2. The SMILES string of the molecule is COc1cc(C(=O)NC2CCN(C(=O)c3cccc(O)c3)CC2)cc(OC)c1OC. The monoisotopic (exact) mass is 414 g/mol. The Hall–Kier alpha value is -3.42. The van der Waals surface area contributed by atoms with Crippen LogP contribution < -0.4 is 19.5 Å². The van der Waals surface area contributed by atoms with Crippen molar-refractivity contribution in [2.45, 2.75) is 18.9 Å². The van der Waals surface area contributed by atoms with Crippen LogP contribution in [-0.2, 0) is 0 Å². The van der Waals surface area contributed by atoms with Gasteiger partial charge in [-0.15, -0.1) is 0 Å². The molecule has 8 heteroatoms. The molecular weight excluding hydrogens is 388 g/mol. The van der Waals surface area contributed by atoms with Crippen molar-refractivity contribution in [2.24, 2.45) is 0 Å². The van der Waals surface area contributed by atoms with Crippen LogP contribution in [0.3, 0.4) is 0 Å². The lowest BCUT2D eigenvalue weighted by Gasteiger charge is -2.32. The lowest BCUT2D eigenvalue weighted by atomic mass is 10.0. The molecule has 30 heavy (non-hydrogen) atoms. The smallest absolute Gasteiger partial charge is 0.253 e. The highest BCUT2D eigenvalue weighted by molar-refractivity contribution is 5.96. The van der Waals surface area contributed by atoms with E-state index >= 15 is 0 Å². The molecule has 0 bridgehead atoms. The van der Waals surface area contributed by atoms with Crippen LogP contribution in [0.1, 0.15) is 33.6 Å². The summed E-state index contributed by atoms with van der Waals surface area (Å²) in [4.78, 5) is 27.1. The van der Waals surface area contributed by atoms with E-state index < -0.39 is 0 Å². The zero-order chi connectivity index (χ0) is 21.7. The molecule has 1 fully saturated rings. The van der Waals surface area contributed by atoms with Gasteiger partial charge < -0.3 is 29.5 Å². The van der Waals surface area contributed by atoms with Gasteiger partial charge in [0.15, 0.2) is 11.5 Å². The van der Waals surface area contributed by atoms with Crippen molar-refractivity contribution in [3.8, 4) is 23.0 Å². The second kappa shape index (κ2) is 9.39. The molecule has 0 unspecified atom stereocenters. The lowest BCUT2D eigenvalue weighted by Crippen LogP contribution is -2.46. The van der Waals surface area contributed by atoms with E-state index in [0.29, 0.717) is 54.3 Å². The third-order valence-corrected chi connectivity index (χ3v) is 5.14. The second-order valence-corrected chi connectivity index (χ2v) is 7.00. The Bertz CT molecular complexity index is 897. The van der Waals surface area contributed by atoms with Crippen LogP contribution in [0.25, 0.3) is 0 Å². The molecule has 0 atom stereocenters. The number of aromatic hydroxyl groups is 1. The number of nitrogens with zero attached hydrogens (tertiary/aromatic N) is 1. The number of piperidine rings is 1. The standard InChI is InChI=1S/C22H26N2O6/c1-28-18-12-15(13-19(29-2)20(18)30-3)21(26)23-16-7-9-24(10-8-16)22(27)14-5-4-6-17(25)11-14/h4-6,11-13,16,25H,7-10H2,1-3H3,(H,23,26). The summed E-state index contributed by atoms with van der Waals surface area (Å²) in [6.45, 7) is 1.05. The summed E-state index contributed by atoms with van der Waals surface area (Å²) in [7, 11) is 4.50. The van der Waals surface area contributed by atoms with E-state index in [1.165, 1.54) is 33.5 Å². The van der Waals surface area contributed by atoms with E-state index in [9.17, 15) is 14.7 Å². The molecule has 160 valence electrons. The van der Waals surface area contributed by atoms with Gasteiger partial charge in [0.25, 0.3) is 11.8 Å². The first-order valence-electron chi connectivity index (χ1n) is 9.66. The third-order valence-electron chi connectivity index (χ3n) is 5.14. The largest absolute Gasteiger partial charge is 0.508 e. The van der Waals surface area contributed by atoms with Gasteiger partial charge in [0.1, 0.15) is 5.75 Å². The average Bonchev–Trinajstić information content (AvgIpc) is 2.77. The number of benzene rings is 2. The maximum Gasteiger partial charge on any atom is 0.253 e. The van der Waals surface area contributed by atoms with Crippen LogP contribution in [0.4, 0.5) is 0 Å². The number of amides is 2. The molecule has 1 saturated heterocycles. The number of phenolic OH excluding ortho intramolecular Hbond substituents is 1. The maximum absolute atomic E-state index is 12.8. The molecule has 0 saturated carbocycles. The topological polar surface area (TPSA) is 97.3 Å². The Kier molecular flexibility index (Phi) is 6.66. The number of rotatable bonds is 6. The van der Waals surface area contributed by atoms with Crippen LogP contribution in [0.15, 0.2) is 36.4 Å². The number of likely N-dealkylation sites (tertiary alicyclic amines) is 1. The summed E-state index contributed by atoms with van der Waals surface area (Å²) in [6, 6.07) is 9.48. The van der Waals surface area contributed by atoms with Crippen molar-refractivity contribution in [1.29, 1.82) is 0 Å². The number of hydrogen-bond donors (Lipinski definition) is 2. The predicted octanol–water partition coefficient (Wildman–Crippen LogP) is 2.45. The van der Waals surface area contributed by atoms with E-state index in [4.69, 9.17) is 14.2 Å². The Balaban J connectivity index is 1.62. The Morgan fingerprint density at radius 2 is 1.60 bits per heavy atom. The molecule has 2 amide bonds. The van der Waals surface area contributed by atoms with Crippen molar-refractivity contribution in [3.63, 3.8) is 0 Å². The summed E-state index contributed by atoms with van der Waals surface area (Å²) in [5, 5.41) is 12.6. The Labute approximate surface area is 175 Å². The lowest BCUT2D eigenvalue weighted by molar-refractivity contribution is 0.0697. The Morgan fingerprint density at radius 1 is 0.967 bits per heavy atom. The van der Waals surface area contributed by atoms with Gasteiger partial charge >= 0.3 is 0 Å². The van der Waals surface area contributed by atoms with Crippen molar-refractivity contribution < 1.29 is 28.9 Å². The zero-order valence-corrected chi connectivity index (χ0v) is 17.3. The second-order valence-electron chi connectivity index (χ2n) is 7.00. The molecule has 0 spiro atoms. The van der Waals surface area contributed by atoms with E-state index in [1.54, 1.807) is 29.2 Å². The highest BCUT2D eigenvalue weighted by Gasteiger charge is 2.26. The van der Waals surface area contributed by atoms with Gasteiger partial charge in [0, 0.05) is 30.3 Å². The number of methoxy groups -OCH3 is 3. The number of phenols is 1. The summed E-state index contributed by atoms with van der Waals surface area (Å²) in [6.07, 6.45) is 1.28. The number of carbonyl (C=O) groups is 2. The fraction of sp³-hybridized carbons (Fsp3) is 0.364. The zero-order valence-electron chi connectivity index (χ0n) is 17.3. The van der Waals surface area contributed by atoms with Crippen molar-refractivity contribution in [1.82, 2.24) is 10.2 Å². The van der Waals surface area contributed by atoms with Gasteiger partial charge in [-0.25, -0.2) is 0 Å². The molecule has 2 N–H and O–H groups in total. The van der Waals surface area contributed by atoms with Gasteiger partial charge in [-0.1, -0.05) is 6.07 Å². The maximum atomic E-state index is 12.8. The molecule has 2 aromatic carbocycles. The summed E-state index contributed by atoms with van der Waals surface area (Å²) in [5.41, 5.74) is 0.859. The van der Waals surface area contributed by atoms with Crippen LogP contribution in [0.5, 0.6) is 23.0 Å². The minimum atomic E-state index is -0.244. The molecular formula is C22H26N2O6. The minimum Gasteiger partial charge on any atom is -0.508 e. The third kappa shape index (κ3) is 4.59. The van der Waals surface area contributed by atoms with Gasteiger partial charge in [-0.2, -0.15) is 0 Å². The normalized spacial score (nSPS) is 14.2. The first kappa shape index (κ1) is 21.3. The van der Waals surface area contributed by atoms with Crippen molar-refractivity contribution in [2.75, 3.05) is 34.4 Å². The molecule has 3 rings (SSSR count). The van der Waals surface area contributed by atoms with Crippen molar-refractivity contribution in [3.05, 3.63) is 47.5 Å². The van der Waals surface area contributed by atoms with E-state index in [0.717, 1.165) is 0 Å². The first-order chi connectivity index (χ1) is 14.5. The van der Waals surface area contributed by atoms with Crippen LogP contribution in [0, 0.1) is 0 Å². The summed E-state index contributed by atoms with van der Waals surface area (Å²) >= 11 is 0. The van der Waals surface area contributed by atoms with Crippen LogP contribution in [0.2, 0.25) is 0 Å². The predicted molar refractivity (Wildman–Crippen MR) is 111 cm³/mol. The quantitative estimate of drug-likeness (QED) is 0.754. The van der Waals surface area contributed by atoms with Crippen LogP contribution in [-0.4, -0.2) is 62.3 Å². The summed E-state index contributed by atoms with van der Waals surface area (Å²) in [5.74, 6) is 0.943. The van der Waals surface area contributed by atoms with Crippen LogP contribution >= 0.6 is 0 Å². The molecule has 0 radical (unpaired) electrons. The Morgan fingerprint density at radius 3 is 2.13 bits per heavy atom. The average molecular weight is 414 g/mol. The summed E-state index contributed by atoms with van der Waals surface area (Å²) < 4.78 is 15.9. The van der Waals surface area contributed by atoms with E-state index in [2.05, 4.69) is 5.32 Å². The molecule has 0 aliphatic carbocycles. The van der Waals surface area contributed by atoms with E-state index in [-0.39, 0.29) is 23.6 Å². The van der Waals surface area contributed by atoms with Gasteiger partial charge in [0.2, 0.25) is 5.75 Å². The molecule has 8 nitrogen and oxygen atoms in total. The van der Waals surface area contributed by atoms with Gasteiger partial charge in [-0.3, -0.25) is 9.59 Å². The fourth-order valence-corrected chi connectivity index (χ4v) is 3.53. The molecule has 1 aliphatic heterocycles.